The summed E-state index contributed by atoms with van der Waals surface area (Å²) in [6.07, 6.45) is -4.00. The van der Waals surface area contributed by atoms with Crippen LogP contribution in [0.1, 0.15) is 17.0 Å². The number of halogens is 4. The molecule has 18 heavy (non-hydrogen) atoms. The first-order valence-corrected chi connectivity index (χ1v) is 5.85. The van der Waals surface area contributed by atoms with Crippen LogP contribution in [0.25, 0.3) is 0 Å². The molecule has 1 saturated heterocycles. The molecule has 100 valence electrons. The minimum absolute atomic E-state index is 0.0618. The number of nitrogens with zero attached hydrogens (tertiary/aromatic N) is 1. The molecule has 1 unspecified atom stereocenters. The second-order valence-corrected chi connectivity index (χ2v) is 5.05. The Morgan fingerprint density at radius 1 is 1.56 bits per heavy atom. The first-order chi connectivity index (χ1) is 8.23. The van der Waals surface area contributed by atoms with Gasteiger partial charge in [0, 0.05) is 19.0 Å². The molecule has 8 heteroatoms. The summed E-state index contributed by atoms with van der Waals surface area (Å²) in [5, 5.41) is 9.44. The van der Waals surface area contributed by atoms with Crippen LogP contribution in [-0.4, -0.2) is 40.8 Å². The number of likely N-dealkylation sites (tertiary alicyclic amines) is 1. The molecule has 2 heterocycles. The van der Waals surface area contributed by atoms with Crippen LogP contribution in [0.15, 0.2) is 21.2 Å². The zero-order valence-corrected chi connectivity index (χ0v) is 10.6. The van der Waals surface area contributed by atoms with E-state index >= 15 is 0 Å². The average molecular weight is 328 g/mol. The highest BCUT2D eigenvalue weighted by Crippen LogP contribution is 2.38. The number of furan rings is 1. The highest BCUT2D eigenvalue weighted by molar-refractivity contribution is 9.10. The summed E-state index contributed by atoms with van der Waals surface area (Å²) in [6.45, 7) is -0.930. The molecular formula is C10H9BrF3NO3. The zero-order chi connectivity index (χ0) is 13.6. The van der Waals surface area contributed by atoms with Crippen LogP contribution < -0.4 is 0 Å². The van der Waals surface area contributed by atoms with Gasteiger partial charge in [0.25, 0.3) is 5.91 Å². The fourth-order valence-corrected chi connectivity index (χ4v) is 2.08. The lowest BCUT2D eigenvalue weighted by Gasteiger charge is -2.25. The number of amides is 1. The molecule has 0 aliphatic carbocycles. The van der Waals surface area contributed by atoms with Gasteiger partial charge >= 0.3 is 6.18 Å². The summed E-state index contributed by atoms with van der Waals surface area (Å²) < 4.78 is 43.1. The largest absolute Gasteiger partial charge is 0.458 e. The van der Waals surface area contributed by atoms with Gasteiger partial charge in [-0.1, -0.05) is 0 Å². The molecule has 1 N–H and O–H groups in total. The minimum atomic E-state index is -4.74. The molecule has 4 nitrogen and oxygen atoms in total. The van der Waals surface area contributed by atoms with Crippen molar-refractivity contribution in [3.63, 3.8) is 0 Å². The summed E-state index contributed by atoms with van der Waals surface area (Å²) in [5.41, 5.74) is -2.83. The fourth-order valence-electron chi connectivity index (χ4n) is 1.78. The maximum Gasteiger partial charge on any atom is 0.419 e. The Bertz CT molecular complexity index is 473. The predicted octanol–water partition coefficient (Wildman–Crippen LogP) is 2.18. The van der Waals surface area contributed by atoms with Gasteiger partial charge in [0.2, 0.25) is 0 Å². The van der Waals surface area contributed by atoms with Crippen molar-refractivity contribution in [3.8, 4) is 0 Å². The molecule has 0 spiro atoms. The van der Waals surface area contributed by atoms with E-state index in [4.69, 9.17) is 4.42 Å². The van der Waals surface area contributed by atoms with Crippen molar-refractivity contribution in [2.75, 3.05) is 13.1 Å². The molecule has 1 fully saturated rings. The van der Waals surface area contributed by atoms with Crippen molar-refractivity contribution in [2.24, 2.45) is 0 Å². The molecule has 1 aromatic rings. The number of rotatable bonds is 1. The van der Waals surface area contributed by atoms with Gasteiger partial charge in [-0.15, -0.1) is 0 Å². The van der Waals surface area contributed by atoms with Crippen LogP contribution >= 0.6 is 15.9 Å². The number of hydrogen-bond donors (Lipinski definition) is 1. The Kier molecular flexibility index (Phi) is 3.18. The maximum absolute atomic E-state index is 12.6. The normalized spacial score (nSPS) is 24.6. The van der Waals surface area contributed by atoms with E-state index in [2.05, 4.69) is 15.9 Å². The van der Waals surface area contributed by atoms with E-state index in [0.29, 0.717) is 4.47 Å². The maximum atomic E-state index is 12.6. The minimum Gasteiger partial charge on any atom is -0.458 e. The number of alkyl halides is 3. The van der Waals surface area contributed by atoms with Crippen molar-refractivity contribution in [1.29, 1.82) is 0 Å². The van der Waals surface area contributed by atoms with Crippen LogP contribution in [-0.2, 0) is 0 Å². The van der Waals surface area contributed by atoms with Crippen LogP contribution in [0, 0.1) is 0 Å². The second kappa shape index (κ2) is 4.27. The third-order valence-electron chi connectivity index (χ3n) is 2.84. The van der Waals surface area contributed by atoms with Gasteiger partial charge in [0.1, 0.15) is 6.26 Å². The Balaban J connectivity index is 2.12. The number of β-amino-alcohol motifs (C(OH)–C–C–N with tert-alkyl or cyclic N) is 1. The molecule has 1 aliphatic heterocycles. The quantitative estimate of drug-likeness (QED) is 0.860. The number of carbonyl (C=O) groups is 1. The SMILES string of the molecule is O=C(c1cc(Br)co1)N1CCC(O)(C(F)(F)F)C1. The van der Waals surface area contributed by atoms with E-state index in [9.17, 15) is 23.1 Å². The molecule has 1 aromatic heterocycles. The van der Waals surface area contributed by atoms with Gasteiger partial charge in [0.15, 0.2) is 11.4 Å². The second-order valence-electron chi connectivity index (χ2n) is 4.14. The summed E-state index contributed by atoms with van der Waals surface area (Å²) >= 11 is 3.07. The van der Waals surface area contributed by atoms with Crippen molar-refractivity contribution < 1.29 is 27.5 Å². The molecule has 1 aliphatic rings. The molecule has 2 rings (SSSR count). The third-order valence-corrected chi connectivity index (χ3v) is 3.26. The van der Waals surface area contributed by atoms with Crippen LogP contribution in [0.3, 0.4) is 0 Å². The Labute approximate surface area is 108 Å². The third kappa shape index (κ3) is 2.26. The Morgan fingerprint density at radius 3 is 2.67 bits per heavy atom. The van der Waals surface area contributed by atoms with Gasteiger partial charge < -0.3 is 14.4 Å². The van der Waals surface area contributed by atoms with Crippen LogP contribution in [0.2, 0.25) is 0 Å². The summed E-state index contributed by atoms with van der Waals surface area (Å²) in [5.74, 6) is -0.728. The van der Waals surface area contributed by atoms with Crippen LogP contribution in [0.5, 0.6) is 0 Å². The molecule has 1 amide bonds. The first kappa shape index (κ1) is 13.4. The Morgan fingerprint density at radius 2 is 2.22 bits per heavy atom. The van der Waals surface area contributed by atoms with Crippen molar-refractivity contribution in [2.45, 2.75) is 18.2 Å². The standard InChI is InChI=1S/C10H9BrF3NO3/c11-6-3-7(18-4-6)8(16)15-2-1-9(17,5-15)10(12,13)14/h3-4,17H,1-2,5H2. The highest BCUT2D eigenvalue weighted by atomic mass is 79.9. The molecular weight excluding hydrogens is 319 g/mol. The molecule has 0 radical (unpaired) electrons. The topological polar surface area (TPSA) is 53.7 Å². The van der Waals surface area contributed by atoms with E-state index in [-0.39, 0.29) is 12.3 Å². The highest BCUT2D eigenvalue weighted by Gasteiger charge is 2.58. The van der Waals surface area contributed by atoms with Crippen molar-refractivity contribution >= 4 is 21.8 Å². The van der Waals surface area contributed by atoms with Crippen molar-refractivity contribution in [1.82, 2.24) is 4.90 Å². The molecule has 0 bridgehead atoms. The van der Waals surface area contributed by atoms with Gasteiger partial charge in [-0.25, -0.2) is 0 Å². The summed E-state index contributed by atoms with van der Waals surface area (Å²) in [7, 11) is 0. The van der Waals surface area contributed by atoms with E-state index in [1.54, 1.807) is 0 Å². The average Bonchev–Trinajstić information content (AvgIpc) is 2.84. The summed E-state index contributed by atoms with van der Waals surface area (Å²) in [4.78, 5) is 12.7. The van der Waals surface area contributed by atoms with Gasteiger partial charge in [0.05, 0.1) is 11.0 Å². The number of aliphatic hydroxyl groups is 1. The smallest absolute Gasteiger partial charge is 0.419 e. The number of hydrogen-bond acceptors (Lipinski definition) is 3. The van der Waals surface area contributed by atoms with E-state index < -0.39 is 30.7 Å². The van der Waals surface area contributed by atoms with E-state index in [1.807, 2.05) is 0 Å². The first-order valence-electron chi connectivity index (χ1n) is 5.05. The van der Waals surface area contributed by atoms with Gasteiger partial charge in [-0.3, -0.25) is 4.79 Å². The predicted molar refractivity (Wildman–Crippen MR) is 57.9 cm³/mol. The lowest BCUT2D eigenvalue weighted by molar-refractivity contribution is -0.253. The zero-order valence-electron chi connectivity index (χ0n) is 9.00. The van der Waals surface area contributed by atoms with Gasteiger partial charge in [-0.05, 0) is 15.9 Å². The van der Waals surface area contributed by atoms with Crippen molar-refractivity contribution in [3.05, 3.63) is 22.6 Å². The van der Waals surface area contributed by atoms with E-state index in [0.717, 1.165) is 4.90 Å². The van der Waals surface area contributed by atoms with Gasteiger partial charge in [-0.2, -0.15) is 13.2 Å². The lowest BCUT2D eigenvalue weighted by atomic mass is 10.0. The van der Waals surface area contributed by atoms with E-state index in [1.165, 1.54) is 12.3 Å². The monoisotopic (exact) mass is 327 g/mol. The molecule has 1 atom stereocenters. The summed E-state index contributed by atoms with van der Waals surface area (Å²) in [6, 6.07) is 1.37. The molecule has 0 aromatic carbocycles. The lowest BCUT2D eigenvalue weighted by Crippen LogP contribution is -2.48. The van der Waals surface area contributed by atoms with Crippen LogP contribution in [0.4, 0.5) is 13.2 Å². The number of carbonyl (C=O) groups excluding carboxylic acids is 1. The molecule has 0 saturated carbocycles. The Hall–Kier alpha value is -1.02. The fraction of sp³-hybridized carbons (Fsp3) is 0.500.